The van der Waals surface area contributed by atoms with Crippen molar-refractivity contribution in [3.05, 3.63) is 48.5 Å². The number of benzene rings is 2. The summed E-state index contributed by atoms with van der Waals surface area (Å²) in [4.78, 5) is 23.8. The lowest BCUT2D eigenvalue weighted by Crippen LogP contribution is -2.48. The fourth-order valence-electron chi connectivity index (χ4n) is 2.06. The Hall–Kier alpha value is -3.42. The van der Waals surface area contributed by atoms with Crippen molar-refractivity contribution in [2.24, 2.45) is 0 Å². The Morgan fingerprint density at radius 1 is 0.889 bits per heavy atom. The quantitative estimate of drug-likeness (QED) is 0.683. The van der Waals surface area contributed by atoms with E-state index < -0.39 is 17.9 Å². The molecule has 8 heteroatoms. The van der Waals surface area contributed by atoms with Gasteiger partial charge < -0.3 is 18.9 Å². The predicted molar refractivity (Wildman–Crippen MR) is 97.9 cm³/mol. The van der Waals surface area contributed by atoms with Crippen molar-refractivity contribution in [3.8, 4) is 23.0 Å². The molecule has 0 aliphatic rings. The number of para-hydroxylation sites is 2. The van der Waals surface area contributed by atoms with Crippen LogP contribution in [0.4, 0.5) is 0 Å². The molecule has 144 valence electrons. The first-order chi connectivity index (χ1) is 13.0. The molecule has 0 heterocycles. The molecular formula is C19H22N2O6. The van der Waals surface area contributed by atoms with E-state index in [0.717, 1.165) is 0 Å². The summed E-state index contributed by atoms with van der Waals surface area (Å²) in [7, 11) is 3.07. The van der Waals surface area contributed by atoms with Crippen LogP contribution >= 0.6 is 0 Å². The molecule has 1 unspecified atom stereocenters. The first-order valence-electron chi connectivity index (χ1n) is 8.18. The number of rotatable bonds is 8. The summed E-state index contributed by atoms with van der Waals surface area (Å²) in [5.74, 6) is 1.10. The van der Waals surface area contributed by atoms with Crippen LogP contribution in [0.2, 0.25) is 0 Å². The third kappa shape index (κ3) is 6.10. The van der Waals surface area contributed by atoms with Crippen LogP contribution in [0.1, 0.15) is 6.92 Å². The van der Waals surface area contributed by atoms with Crippen molar-refractivity contribution in [1.29, 1.82) is 0 Å². The van der Waals surface area contributed by atoms with Crippen molar-refractivity contribution in [3.63, 3.8) is 0 Å². The summed E-state index contributed by atoms with van der Waals surface area (Å²) in [6.07, 6.45) is -0.811. The van der Waals surface area contributed by atoms with Crippen molar-refractivity contribution >= 4 is 11.8 Å². The molecular weight excluding hydrogens is 352 g/mol. The monoisotopic (exact) mass is 374 g/mol. The van der Waals surface area contributed by atoms with Crippen LogP contribution in [0.15, 0.2) is 48.5 Å². The van der Waals surface area contributed by atoms with Crippen LogP contribution in [0.5, 0.6) is 23.0 Å². The zero-order valence-corrected chi connectivity index (χ0v) is 15.4. The molecule has 0 bridgehead atoms. The molecule has 0 saturated heterocycles. The smallest absolute Gasteiger partial charge is 0.279 e. The number of nitrogens with one attached hydrogen (secondary N) is 2. The highest BCUT2D eigenvalue weighted by Crippen LogP contribution is 2.25. The molecule has 2 N–H and O–H groups in total. The standard InChI is InChI=1S/C19H22N2O6/c1-13(27-15-10-8-14(24-2)9-11-15)19(23)21-20-18(22)12-26-17-7-5-4-6-16(17)25-3/h4-11,13H,12H2,1-3H3,(H,20,22)(H,21,23). The topological polar surface area (TPSA) is 95.1 Å². The number of carbonyl (C=O) groups excluding carboxylic acids is 2. The Kier molecular flexibility index (Phi) is 7.30. The Bertz CT molecular complexity index is 763. The lowest BCUT2D eigenvalue weighted by Gasteiger charge is -2.15. The number of carbonyl (C=O) groups is 2. The highest BCUT2D eigenvalue weighted by Gasteiger charge is 2.16. The van der Waals surface area contributed by atoms with E-state index >= 15 is 0 Å². The highest BCUT2D eigenvalue weighted by molar-refractivity contribution is 5.85. The molecule has 2 aromatic carbocycles. The molecule has 1 atom stereocenters. The van der Waals surface area contributed by atoms with Gasteiger partial charge in [-0.1, -0.05) is 12.1 Å². The molecule has 0 radical (unpaired) electrons. The molecule has 8 nitrogen and oxygen atoms in total. The van der Waals surface area contributed by atoms with Crippen LogP contribution in [0, 0.1) is 0 Å². The Morgan fingerprint density at radius 3 is 2.15 bits per heavy atom. The third-order valence-electron chi connectivity index (χ3n) is 3.49. The molecule has 0 aromatic heterocycles. The van der Waals surface area contributed by atoms with Crippen molar-refractivity contribution in [2.75, 3.05) is 20.8 Å². The lowest BCUT2D eigenvalue weighted by atomic mass is 10.3. The Labute approximate surface area is 157 Å². The van der Waals surface area contributed by atoms with Crippen molar-refractivity contribution in [1.82, 2.24) is 10.9 Å². The minimum Gasteiger partial charge on any atom is -0.497 e. The molecule has 0 aliphatic carbocycles. The van der Waals surface area contributed by atoms with Crippen LogP contribution < -0.4 is 29.8 Å². The molecule has 2 rings (SSSR count). The van der Waals surface area contributed by atoms with E-state index in [-0.39, 0.29) is 6.61 Å². The van der Waals surface area contributed by atoms with Crippen molar-refractivity contribution < 1.29 is 28.5 Å². The van der Waals surface area contributed by atoms with E-state index in [9.17, 15) is 9.59 Å². The summed E-state index contributed by atoms with van der Waals surface area (Å²) in [5, 5.41) is 0. The molecule has 0 fully saturated rings. The predicted octanol–water partition coefficient (Wildman–Crippen LogP) is 1.70. The van der Waals surface area contributed by atoms with Gasteiger partial charge in [0.05, 0.1) is 14.2 Å². The zero-order valence-electron chi connectivity index (χ0n) is 15.4. The van der Waals surface area contributed by atoms with Gasteiger partial charge in [-0.3, -0.25) is 20.4 Å². The van der Waals surface area contributed by atoms with Gasteiger partial charge >= 0.3 is 0 Å². The minimum absolute atomic E-state index is 0.283. The van der Waals surface area contributed by atoms with E-state index in [1.807, 2.05) is 0 Å². The maximum atomic E-state index is 12.0. The van der Waals surface area contributed by atoms with E-state index in [1.165, 1.54) is 7.11 Å². The van der Waals surface area contributed by atoms with Gasteiger partial charge in [0.15, 0.2) is 24.2 Å². The maximum Gasteiger partial charge on any atom is 0.279 e. The number of hydrogen-bond donors (Lipinski definition) is 2. The SMILES string of the molecule is COc1ccc(OC(C)C(=O)NNC(=O)COc2ccccc2OC)cc1. The summed E-state index contributed by atoms with van der Waals surface area (Å²) >= 11 is 0. The van der Waals surface area contributed by atoms with E-state index in [4.69, 9.17) is 18.9 Å². The zero-order chi connectivity index (χ0) is 19.6. The number of ether oxygens (including phenoxy) is 4. The number of hydrazine groups is 1. The maximum absolute atomic E-state index is 12.0. The minimum atomic E-state index is -0.811. The van der Waals surface area contributed by atoms with Crippen molar-refractivity contribution in [2.45, 2.75) is 13.0 Å². The van der Waals surface area contributed by atoms with Gasteiger partial charge in [0.25, 0.3) is 11.8 Å². The molecule has 27 heavy (non-hydrogen) atoms. The summed E-state index contributed by atoms with van der Waals surface area (Å²) in [6, 6.07) is 13.7. The molecule has 2 amide bonds. The Balaban J connectivity index is 1.75. The van der Waals surface area contributed by atoms with Gasteiger partial charge in [0.1, 0.15) is 11.5 Å². The fraction of sp³-hybridized carbons (Fsp3) is 0.263. The van der Waals surface area contributed by atoms with Gasteiger partial charge in [-0.2, -0.15) is 0 Å². The molecule has 0 saturated carbocycles. The fourth-order valence-corrected chi connectivity index (χ4v) is 2.06. The second-order valence-electron chi connectivity index (χ2n) is 5.41. The lowest BCUT2D eigenvalue weighted by molar-refractivity contribution is -0.133. The third-order valence-corrected chi connectivity index (χ3v) is 3.49. The van der Waals surface area contributed by atoms with Crippen LogP contribution in [-0.4, -0.2) is 38.7 Å². The van der Waals surface area contributed by atoms with Crippen LogP contribution in [0.25, 0.3) is 0 Å². The normalized spacial score (nSPS) is 11.1. The number of amides is 2. The van der Waals surface area contributed by atoms with E-state index in [0.29, 0.717) is 23.0 Å². The first kappa shape index (κ1) is 19.9. The molecule has 0 spiro atoms. The average molecular weight is 374 g/mol. The highest BCUT2D eigenvalue weighted by atomic mass is 16.5. The van der Waals surface area contributed by atoms with E-state index in [1.54, 1.807) is 62.6 Å². The van der Waals surface area contributed by atoms with Gasteiger partial charge in [-0.05, 0) is 43.3 Å². The second kappa shape index (κ2) is 9.91. The largest absolute Gasteiger partial charge is 0.497 e. The molecule has 0 aliphatic heterocycles. The second-order valence-corrected chi connectivity index (χ2v) is 5.41. The van der Waals surface area contributed by atoms with Gasteiger partial charge in [0, 0.05) is 0 Å². The van der Waals surface area contributed by atoms with Crippen LogP contribution in [0.3, 0.4) is 0 Å². The average Bonchev–Trinajstić information content (AvgIpc) is 2.71. The molecule has 2 aromatic rings. The Morgan fingerprint density at radius 2 is 1.52 bits per heavy atom. The van der Waals surface area contributed by atoms with Crippen LogP contribution in [-0.2, 0) is 9.59 Å². The van der Waals surface area contributed by atoms with E-state index in [2.05, 4.69) is 10.9 Å². The van der Waals surface area contributed by atoms with Gasteiger partial charge in [0.2, 0.25) is 0 Å². The number of methoxy groups -OCH3 is 2. The number of hydrogen-bond acceptors (Lipinski definition) is 6. The first-order valence-corrected chi connectivity index (χ1v) is 8.18. The van der Waals surface area contributed by atoms with Gasteiger partial charge in [-0.15, -0.1) is 0 Å². The van der Waals surface area contributed by atoms with Gasteiger partial charge in [-0.25, -0.2) is 0 Å². The summed E-state index contributed by atoms with van der Waals surface area (Å²) in [6.45, 7) is 1.28. The summed E-state index contributed by atoms with van der Waals surface area (Å²) in [5.41, 5.74) is 4.56. The summed E-state index contributed by atoms with van der Waals surface area (Å²) < 4.78 is 21.1.